The summed E-state index contributed by atoms with van der Waals surface area (Å²) in [6, 6.07) is 0.0212. The minimum atomic E-state index is 0.0106. The van der Waals surface area contributed by atoms with E-state index in [0.717, 1.165) is 32.2 Å². The van der Waals surface area contributed by atoms with Crippen LogP contribution in [0.1, 0.15) is 98.3 Å². The first-order valence-electron chi connectivity index (χ1n) is 13.1. The highest BCUT2D eigenvalue weighted by molar-refractivity contribution is 5.76. The lowest BCUT2D eigenvalue weighted by atomic mass is 10.2. The smallest absolute Gasteiger partial charge is 0.220 e. The molecule has 2 unspecified atom stereocenters. The molecular weight excluding hydrogens is 414 g/mol. The van der Waals surface area contributed by atoms with Crippen LogP contribution in [0, 0.1) is 0 Å². The second-order valence-electron chi connectivity index (χ2n) is 9.08. The summed E-state index contributed by atoms with van der Waals surface area (Å²) >= 11 is 0. The summed E-state index contributed by atoms with van der Waals surface area (Å²) < 4.78 is 0. The quantitative estimate of drug-likeness (QED) is 0.169. The van der Waals surface area contributed by atoms with Gasteiger partial charge in [-0.1, -0.05) is 63.8 Å². The summed E-state index contributed by atoms with van der Waals surface area (Å²) in [4.78, 5) is 26.7. The van der Waals surface area contributed by atoms with Gasteiger partial charge in [0.1, 0.15) is 0 Å². The minimum absolute atomic E-state index is 0.0106. The Morgan fingerprint density at radius 1 is 0.758 bits per heavy atom. The number of allylic oxidation sites excluding steroid dienone is 4. The van der Waals surface area contributed by atoms with E-state index in [0.29, 0.717) is 32.4 Å². The van der Waals surface area contributed by atoms with Crippen LogP contribution in [0.3, 0.4) is 0 Å². The second-order valence-corrected chi connectivity index (χ2v) is 9.08. The molecule has 0 radical (unpaired) electrons. The zero-order chi connectivity index (χ0) is 24.7. The van der Waals surface area contributed by atoms with Crippen molar-refractivity contribution in [2.45, 2.75) is 110 Å². The molecule has 0 rings (SSSR count). The number of aliphatic hydroxyl groups is 1. The van der Waals surface area contributed by atoms with Crippen molar-refractivity contribution >= 4 is 11.8 Å². The van der Waals surface area contributed by atoms with Crippen molar-refractivity contribution in [1.82, 2.24) is 15.5 Å². The van der Waals surface area contributed by atoms with Crippen molar-refractivity contribution in [2.24, 2.45) is 0 Å². The van der Waals surface area contributed by atoms with Crippen molar-refractivity contribution < 1.29 is 14.7 Å². The number of nitrogens with one attached hydrogen (secondary N) is 2. The lowest BCUT2D eigenvalue weighted by molar-refractivity contribution is -0.122. The fourth-order valence-electron chi connectivity index (χ4n) is 3.66. The van der Waals surface area contributed by atoms with Crippen LogP contribution in [0.2, 0.25) is 0 Å². The lowest BCUT2D eigenvalue weighted by Crippen LogP contribution is -2.47. The number of nitrogens with zero attached hydrogens (tertiary/aromatic N) is 1. The molecule has 6 nitrogen and oxygen atoms in total. The van der Waals surface area contributed by atoms with Crippen LogP contribution in [0.4, 0.5) is 0 Å². The highest BCUT2D eigenvalue weighted by atomic mass is 16.3. The number of amides is 2. The molecule has 0 aliphatic rings. The van der Waals surface area contributed by atoms with Gasteiger partial charge in [0.2, 0.25) is 11.8 Å². The Bertz CT molecular complexity index is 505. The Labute approximate surface area is 203 Å². The predicted molar refractivity (Wildman–Crippen MR) is 139 cm³/mol. The fourth-order valence-corrected chi connectivity index (χ4v) is 3.66. The number of rotatable bonds is 21. The lowest BCUT2D eigenvalue weighted by Gasteiger charge is -2.29. The zero-order valence-electron chi connectivity index (χ0n) is 21.8. The van der Waals surface area contributed by atoms with Crippen molar-refractivity contribution in [3.8, 4) is 0 Å². The first-order chi connectivity index (χ1) is 15.9. The van der Waals surface area contributed by atoms with Crippen LogP contribution in [0.15, 0.2) is 24.3 Å². The largest absolute Gasteiger partial charge is 0.396 e. The number of unbranched alkanes of at least 4 members (excludes halogenated alkanes) is 4. The third-order valence-electron chi connectivity index (χ3n) is 5.37. The highest BCUT2D eigenvalue weighted by Crippen LogP contribution is 2.02. The molecule has 0 aliphatic heterocycles. The molecular formula is C27H51N3O3. The topological polar surface area (TPSA) is 81.7 Å². The number of carbonyl (C=O) groups is 2. The molecule has 0 aromatic rings. The highest BCUT2D eigenvalue weighted by Gasteiger charge is 2.16. The van der Waals surface area contributed by atoms with Gasteiger partial charge in [-0.2, -0.15) is 0 Å². The van der Waals surface area contributed by atoms with Crippen LogP contribution in [-0.4, -0.2) is 60.1 Å². The Morgan fingerprint density at radius 2 is 1.18 bits per heavy atom. The van der Waals surface area contributed by atoms with Crippen LogP contribution >= 0.6 is 0 Å². The molecule has 0 aromatic heterocycles. The van der Waals surface area contributed by atoms with Gasteiger partial charge in [0.05, 0.1) is 0 Å². The predicted octanol–water partition coefficient (Wildman–Crippen LogP) is 4.73. The summed E-state index contributed by atoms with van der Waals surface area (Å²) in [5.74, 6) is 0.135. The van der Waals surface area contributed by atoms with E-state index in [1.165, 1.54) is 25.7 Å². The molecule has 0 saturated carbocycles. The van der Waals surface area contributed by atoms with Gasteiger partial charge >= 0.3 is 0 Å². The van der Waals surface area contributed by atoms with Gasteiger partial charge in [0, 0.05) is 51.2 Å². The fraction of sp³-hybridized carbons (Fsp3) is 0.778. The molecule has 0 bridgehead atoms. The van der Waals surface area contributed by atoms with Gasteiger partial charge < -0.3 is 15.7 Å². The molecule has 33 heavy (non-hydrogen) atoms. The molecule has 192 valence electrons. The maximum Gasteiger partial charge on any atom is 0.220 e. The van der Waals surface area contributed by atoms with Crippen LogP contribution in [0.25, 0.3) is 0 Å². The first kappa shape index (κ1) is 31.3. The number of carbonyl (C=O) groups excluding carboxylic acids is 2. The molecule has 0 spiro atoms. The number of aliphatic hydroxyl groups excluding tert-OH is 1. The molecule has 0 saturated heterocycles. The third-order valence-corrected chi connectivity index (χ3v) is 5.37. The van der Waals surface area contributed by atoms with Crippen molar-refractivity contribution in [3.63, 3.8) is 0 Å². The Hall–Kier alpha value is -1.66. The van der Waals surface area contributed by atoms with Gasteiger partial charge in [-0.05, 0) is 46.0 Å². The van der Waals surface area contributed by atoms with Crippen molar-refractivity contribution in [1.29, 1.82) is 0 Å². The van der Waals surface area contributed by atoms with E-state index in [-0.39, 0.29) is 30.5 Å². The third kappa shape index (κ3) is 20.7. The van der Waals surface area contributed by atoms with Gasteiger partial charge in [-0.15, -0.1) is 0 Å². The maximum absolute atomic E-state index is 12.2. The molecule has 2 amide bonds. The van der Waals surface area contributed by atoms with Gasteiger partial charge in [-0.3, -0.25) is 14.5 Å². The summed E-state index contributed by atoms with van der Waals surface area (Å²) in [5.41, 5.74) is 0. The Morgan fingerprint density at radius 3 is 1.58 bits per heavy atom. The SMILES string of the molecule is CCCC/C=C/CCC(=O)NC(C)CN(CCCO)CC(C)NC(=O)CC/C=C/CCCC. The van der Waals surface area contributed by atoms with Crippen LogP contribution < -0.4 is 10.6 Å². The first-order valence-corrected chi connectivity index (χ1v) is 13.1. The van der Waals surface area contributed by atoms with Gasteiger partial charge in [-0.25, -0.2) is 0 Å². The molecule has 3 N–H and O–H groups in total. The minimum Gasteiger partial charge on any atom is -0.396 e. The monoisotopic (exact) mass is 465 g/mol. The zero-order valence-corrected chi connectivity index (χ0v) is 21.8. The van der Waals surface area contributed by atoms with Gasteiger partial charge in [0.25, 0.3) is 0 Å². The van der Waals surface area contributed by atoms with Crippen molar-refractivity contribution in [3.05, 3.63) is 24.3 Å². The average Bonchev–Trinajstić information content (AvgIpc) is 2.76. The van der Waals surface area contributed by atoms with E-state index in [9.17, 15) is 14.7 Å². The maximum atomic E-state index is 12.2. The van der Waals surface area contributed by atoms with E-state index >= 15 is 0 Å². The number of hydrogen-bond donors (Lipinski definition) is 3. The molecule has 6 heteroatoms. The molecule has 0 fully saturated rings. The Kier molecular flexibility index (Phi) is 21.0. The standard InChI is InChI=1S/C27H51N3O3/c1-5-7-9-11-13-15-18-26(32)28-24(3)22-30(20-17-21-31)23-25(4)29-27(33)19-16-14-12-10-8-6-2/h11-14,24-25,31H,5-10,15-23H2,1-4H3,(H,28,32)(H,29,33)/b13-11+,14-12+. The molecule has 0 heterocycles. The summed E-state index contributed by atoms with van der Waals surface area (Å²) in [7, 11) is 0. The van der Waals surface area contributed by atoms with Crippen LogP contribution in [0.5, 0.6) is 0 Å². The van der Waals surface area contributed by atoms with Gasteiger partial charge in [0.15, 0.2) is 0 Å². The van der Waals surface area contributed by atoms with E-state index < -0.39 is 0 Å². The molecule has 0 aliphatic carbocycles. The summed E-state index contributed by atoms with van der Waals surface area (Å²) in [5, 5.41) is 15.4. The Balaban J connectivity index is 4.34. The van der Waals surface area contributed by atoms with E-state index in [1.807, 2.05) is 13.8 Å². The normalized spacial score (nSPS) is 13.6. The van der Waals surface area contributed by atoms with E-state index in [4.69, 9.17) is 0 Å². The average molecular weight is 466 g/mol. The summed E-state index contributed by atoms with van der Waals surface area (Å²) in [6.45, 7) is 10.6. The van der Waals surface area contributed by atoms with E-state index in [1.54, 1.807) is 0 Å². The van der Waals surface area contributed by atoms with Crippen LogP contribution in [-0.2, 0) is 9.59 Å². The van der Waals surface area contributed by atoms with Crippen molar-refractivity contribution in [2.75, 3.05) is 26.2 Å². The van der Waals surface area contributed by atoms with E-state index in [2.05, 4.69) is 53.7 Å². The number of hydrogen-bond acceptors (Lipinski definition) is 4. The molecule has 0 aromatic carbocycles. The molecule has 2 atom stereocenters. The summed E-state index contributed by atoms with van der Waals surface area (Å²) in [6.07, 6.45) is 18.7. The second kappa shape index (κ2) is 22.1.